The summed E-state index contributed by atoms with van der Waals surface area (Å²) >= 11 is 0. The Bertz CT molecular complexity index is 552. The van der Waals surface area contributed by atoms with Crippen molar-refractivity contribution in [2.75, 3.05) is 20.7 Å². The lowest BCUT2D eigenvalue weighted by Crippen LogP contribution is -2.19. The maximum Gasteiger partial charge on any atom is 0.183 e. The molecule has 1 unspecified atom stereocenters. The highest BCUT2D eigenvalue weighted by molar-refractivity contribution is 5.39. The molecule has 0 saturated carbocycles. The molecule has 2 rings (SSSR count). The van der Waals surface area contributed by atoms with Gasteiger partial charge in [0.15, 0.2) is 5.82 Å². The van der Waals surface area contributed by atoms with Crippen LogP contribution < -0.4 is 10.1 Å². The normalized spacial score (nSPS) is 12.4. The van der Waals surface area contributed by atoms with Gasteiger partial charge in [-0.05, 0) is 36.4 Å². The second kappa shape index (κ2) is 5.79. The average Bonchev–Trinajstić information content (AvgIpc) is 2.82. The maximum atomic E-state index is 5.29. The van der Waals surface area contributed by atoms with E-state index < -0.39 is 0 Å². The molecule has 0 bridgehead atoms. The number of aryl methyl sites for hydroxylation is 2. The van der Waals surface area contributed by atoms with Crippen LogP contribution in [0.2, 0.25) is 0 Å². The number of rotatable bonds is 5. The van der Waals surface area contributed by atoms with Crippen molar-refractivity contribution in [3.05, 3.63) is 35.2 Å². The standard InChI is InChI=1S/C13H19N5O/c1-9-7-10(5-6-12(9)19-4)11(8-14-2)13-15-17-18(3)16-13/h5-7,11,14H,8H2,1-4H3. The lowest BCUT2D eigenvalue weighted by molar-refractivity contribution is 0.411. The van der Waals surface area contributed by atoms with Crippen LogP contribution in [0.25, 0.3) is 0 Å². The SMILES string of the molecule is CNCC(c1ccc(OC)c(C)c1)c1nnn(C)n1. The van der Waals surface area contributed by atoms with Crippen LogP contribution >= 0.6 is 0 Å². The van der Waals surface area contributed by atoms with Gasteiger partial charge in [0.05, 0.1) is 20.1 Å². The summed E-state index contributed by atoms with van der Waals surface area (Å²) in [5, 5.41) is 15.5. The van der Waals surface area contributed by atoms with E-state index in [9.17, 15) is 0 Å². The van der Waals surface area contributed by atoms with Gasteiger partial charge in [-0.25, -0.2) is 0 Å². The summed E-state index contributed by atoms with van der Waals surface area (Å²) in [6.45, 7) is 2.79. The summed E-state index contributed by atoms with van der Waals surface area (Å²) in [6, 6.07) is 6.13. The van der Waals surface area contributed by atoms with Gasteiger partial charge in [-0.1, -0.05) is 12.1 Å². The molecule has 0 aliphatic rings. The number of nitrogens with zero attached hydrogens (tertiary/aromatic N) is 4. The van der Waals surface area contributed by atoms with Crippen molar-refractivity contribution in [2.45, 2.75) is 12.8 Å². The zero-order valence-corrected chi connectivity index (χ0v) is 11.7. The van der Waals surface area contributed by atoms with Gasteiger partial charge >= 0.3 is 0 Å². The molecule has 19 heavy (non-hydrogen) atoms. The van der Waals surface area contributed by atoms with E-state index >= 15 is 0 Å². The van der Waals surface area contributed by atoms with E-state index in [0.717, 1.165) is 29.2 Å². The van der Waals surface area contributed by atoms with Gasteiger partial charge in [0.1, 0.15) is 5.75 Å². The summed E-state index contributed by atoms with van der Waals surface area (Å²) in [4.78, 5) is 1.48. The van der Waals surface area contributed by atoms with Gasteiger partial charge < -0.3 is 10.1 Å². The predicted molar refractivity (Wildman–Crippen MR) is 72.3 cm³/mol. The molecular weight excluding hydrogens is 242 g/mol. The summed E-state index contributed by atoms with van der Waals surface area (Å²) < 4.78 is 5.29. The maximum absolute atomic E-state index is 5.29. The summed E-state index contributed by atoms with van der Waals surface area (Å²) in [5.74, 6) is 1.70. The molecule has 6 nitrogen and oxygen atoms in total. The van der Waals surface area contributed by atoms with E-state index in [1.165, 1.54) is 4.80 Å². The Balaban J connectivity index is 2.36. The molecule has 2 aromatic rings. The van der Waals surface area contributed by atoms with Crippen LogP contribution in [0.3, 0.4) is 0 Å². The van der Waals surface area contributed by atoms with Crippen molar-refractivity contribution < 1.29 is 4.74 Å². The number of ether oxygens (including phenoxy) is 1. The van der Waals surface area contributed by atoms with Crippen LogP contribution in [-0.4, -0.2) is 40.9 Å². The predicted octanol–water partition coefficient (Wildman–Crippen LogP) is 0.878. The largest absolute Gasteiger partial charge is 0.496 e. The molecule has 0 fully saturated rings. The molecule has 1 aromatic heterocycles. The molecule has 1 aromatic carbocycles. The number of benzene rings is 1. The molecule has 0 aliphatic carbocycles. The fraction of sp³-hybridized carbons (Fsp3) is 0.462. The topological polar surface area (TPSA) is 64.9 Å². The van der Waals surface area contributed by atoms with E-state index in [1.807, 2.05) is 26.1 Å². The molecular formula is C13H19N5O. The lowest BCUT2D eigenvalue weighted by atomic mass is 9.96. The van der Waals surface area contributed by atoms with E-state index in [1.54, 1.807) is 14.2 Å². The van der Waals surface area contributed by atoms with Gasteiger partial charge in [0.2, 0.25) is 0 Å². The van der Waals surface area contributed by atoms with E-state index in [4.69, 9.17) is 4.74 Å². The van der Waals surface area contributed by atoms with Gasteiger partial charge in [0.25, 0.3) is 0 Å². The Morgan fingerprint density at radius 2 is 2.21 bits per heavy atom. The van der Waals surface area contributed by atoms with Gasteiger partial charge in [0, 0.05) is 6.54 Å². The number of tetrazole rings is 1. The minimum atomic E-state index is 0.0864. The fourth-order valence-corrected chi connectivity index (χ4v) is 2.12. The van der Waals surface area contributed by atoms with Crippen molar-refractivity contribution in [3.8, 4) is 5.75 Å². The second-order valence-corrected chi connectivity index (χ2v) is 4.48. The minimum absolute atomic E-state index is 0.0864. The first kappa shape index (κ1) is 13.5. The molecule has 0 spiro atoms. The Hall–Kier alpha value is -1.95. The van der Waals surface area contributed by atoms with Crippen LogP contribution in [0.4, 0.5) is 0 Å². The molecule has 0 aliphatic heterocycles. The first-order chi connectivity index (χ1) is 9.15. The van der Waals surface area contributed by atoms with Crippen molar-refractivity contribution in [1.82, 2.24) is 25.5 Å². The number of aromatic nitrogens is 4. The van der Waals surface area contributed by atoms with Gasteiger partial charge in [-0.3, -0.25) is 0 Å². The highest BCUT2D eigenvalue weighted by atomic mass is 16.5. The number of hydrogen-bond donors (Lipinski definition) is 1. The monoisotopic (exact) mass is 261 g/mol. The second-order valence-electron chi connectivity index (χ2n) is 4.48. The minimum Gasteiger partial charge on any atom is -0.496 e. The highest BCUT2D eigenvalue weighted by Crippen LogP contribution is 2.26. The first-order valence-electron chi connectivity index (χ1n) is 6.18. The van der Waals surface area contributed by atoms with Gasteiger partial charge in [-0.2, -0.15) is 4.80 Å². The Morgan fingerprint density at radius 3 is 2.74 bits per heavy atom. The zero-order valence-electron chi connectivity index (χ0n) is 11.7. The zero-order chi connectivity index (χ0) is 13.8. The smallest absolute Gasteiger partial charge is 0.183 e. The van der Waals surface area contributed by atoms with Crippen LogP contribution in [0, 0.1) is 6.92 Å². The van der Waals surface area contributed by atoms with E-state index in [-0.39, 0.29) is 5.92 Å². The summed E-state index contributed by atoms with van der Waals surface area (Å²) in [6.07, 6.45) is 0. The van der Waals surface area contributed by atoms with Crippen molar-refractivity contribution in [2.24, 2.45) is 7.05 Å². The molecule has 1 atom stereocenters. The fourth-order valence-electron chi connectivity index (χ4n) is 2.12. The molecule has 1 N–H and O–H groups in total. The molecule has 1 heterocycles. The number of methoxy groups -OCH3 is 1. The van der Waals surface area contributed by atoms with Gasteiger partial charge in [-0.15, -0.1) is 10.2 Å². The van der Waals surface area contributed by atoms with Crippen LogP contribution in [0.5, 0.6) is 5.75 Å². The van der Waals surface area contributed by atoms with Crippen LogP contribution in [0.1, 0.15) is 22.9 Å². The number of nitrogens with one attached hydrogen (secondary N) is 1. The molecule has 6 heteroatoms. The Kier molecular flexibility index (Phi) is 4.11. The van der Waals surface area contributed by atoms with Crippen molar-refractivity contribution >= 4 is 0 Å². The van der Waals surface area contributed by atoms with E-state index in [0.29, 0.717) is 0 Å². The van der Waals surface area contributed by atoms with Crippen molar-refractivity contribution in [1.29, 1.82) is 0 Å². The molecule has 0 radical (unpaired) electrons. The third kappa shape index (κ3) is 2.90. The highest BCUT2D eigenvalue weighted by Gasteiger charge is 2.19. The third-order valence-corrected chi connectivity index (χ3v) is 3.06. The van der Waals surface area contributed by atoms with Crippen LogP contribution in [0.15, 0.2) is 18.2 Å². The van der Waals surface area contributed by atoms with E-state index in [2.05, 4.69) is 26.8 Å². The molecule has 0 amide bonds. The number of likely N-dealkylation sites (N-methyl/N-ethyl adjacent to an activating group) is 1. The molecule has 102 valence electrons. The lowest BCUT2D eigenvalue weighted by Gasteiger charge is -2.15. The molecule has 0 saturated heterocycles. The third-order valence-electron chi connectivity index (χ3n) is 3.06. The summed E-state index contributed by atoms with van der Waals surface area (Å²) in [7, 11) is 5.36. The quantitative estimate of drug-likeness (QED) is 0.865. The first-order valence-corrected chi connectivity index (χ1v) is 6.18. The Morgan fingerprint density at radius 1 is 1.42 bits per heavy atom. The average molecular weight is 261 g/mol. The number of hydrogen-bond acceptors (Lipinski definition) is 5. The Labute approximate surface area is 112 Å². The van der Waals surface area contributed by atoms with Crippen molar-refractivity contribution in [3.63, 3.8) is 0 Å². The van der Waals surface area contributed by atoms with Crippen LogP contribution in [-0.2, 0) is 7.05 Å². The summed E-state index contributed by atoms with van der Waals surface area (Å²) in [5.41, 5.74) is 2.26.